The van der Waals surface area contributed by atoms with Gasteiger partial charge in [-0.25, -0.2) is 0 Å². The van der Waals surface area contributed by atoms with Gasteiger partial charge in [-0.15, -0.1) is 0 Å². The Morgan fingerprint density at radius 1 is 1.60 bits per heavy atom. The minimum absolute atomic E-state index is 0.218. The standard InChI is InChI=1S/C7H13O3/c1-3-4-5-6(2)10-7(8)9/h6H,3-5H2,1-2H3. The number of hydrogen-bond donors (Lipinski definition) is 0. The van der Waals surface area contributed by atoms with Crippen LogP contribution in [0.25, 0.3) is 0 Å². The Bertz CT molecular complexity index is 101. The molecule has 0 aromatic carbocycles. The maximum absolute atomic E-state index is 9.84. The first-order valence-electron chi connectivity index (χ1n) is 3.54. The molecule has 0 saturated carbocycles. The Morgan fingerprint density at radius 3 is 2.60 bits per heavy atom. The quantitative estimate of drug-likeness (QED) is 0.569. The summed E-state index contributed by atoms with van der Waals surface area (Å²) in [6, 6.07) is 0. The largest absolute Gasteiger partial charge is 0.550 e. The fraction of sp³-hybridized carbons (Fsp3) is 0.857. The van der Waals surface area contributed by atoms with E-state index in [1.165, 1.54) is 0 Å². The average molecular weight is 145 g/mol. The summed E-state index contributed by atoms with van der Waals surface area (Å²) < 4.78 is 4.36. The summed E-state index contributed by atoms with van der Waals surface area (Å²) >= 11 is 0. The number of ether oxygens (including phenoxy) is 1. The minimum atomic E-state index is -1.43. The van der Waals surface area contributed by atoms with Gasteiger partial charge in [0.25, 0.3) is 0 Å². The first-order chi connectivity index (χ1) is 4.66. The lowest BCUT2D eigenvalue weighted by Gasteiger charge is -2.07. The molecule has 0 amide bonds. The van der Waals surface area contributed by atoms with Crippen LogP contribution in [-0.2, 0) is 9.84 Å². The topological polar surface area (TPSA) is 46.2 Å². The summed E-state index contributed by atoms with van der Waals surface area (Å²) in [5.41, 5.74) is 0. The van der Waals surface area contributed by atoms with Gasteiger partial charge in [0.15, 0.2) is 0 Å². The smallest absolute Gasteiger partial charge is 0.429 e. The highest BCUT2D eigenvalue weighted by Crippen LogP contribution is 2.03. The van der Waals surface area contributed by atoms with E-state index < -0.39 is 6.16 Å². The van der Waals surface area contributed by atoms with Gasteiger partial charge in [0.1, 0.15) is 6.10 Å². The van der Waals surface area contributed by atoms with Crippen LogP contribution in [0.2, 0.25) is 0 Å². The molecule has 0 aliphatic heterocycles. The second-order valence-electron chi connectivity index (χ2n) is 2.32. The van der Waals surface area contributed by atoms with Crippen LogP contribution >= 0.6 is 0 Å². The number of hydrogen-bond acceptors (Lipinski definition) is 2. The highest BCUT2D eigenvalue weighted by molar-refractivity contribution is 5.56. The summed E-state index contributed by atoms with van der Waals surface area (Å²) in [6.45, 7) is 3.77. The SMILES string of the molecule is CCCCC(C)OC([O])=O. The number of carbonyl (C=O) groups excluding carboxylic acids is 1. The van der Waals surface area contributed by atoms with Gasteiger partial charge in [0, 0.05) is 0 Å². The van der Waals surface area contributed by atoms with E-state index in [2.05, 4.69) is 4.74 Å². The molecule has 0 saturated heterocycles. The van der Waals surface area contributed by atoms with Crippen LogP contribution < -0.4 is 0 Å². The average Bonchev–Trinajstić information content (AvgIpc) is 1.82. The van der Waals surface area contributed by atoms with Crippen LogP contribution in [0, 0.1) is 0 Å². The van der Waals surface area contributed by atoms with Gasteiger partial charge in [-0.3, -0.25) is 0 Å². The first-order valence-corrected chi connectivity index (χ1v) is 3.54. The number of unbranched alkanes of at least 4 members (excludes halogenated alkanes) is 1. The molecular weight excluding hydrogens is 132 g/mol. The second kappa shape index (κ2) is 5.09. The third-order valence-electron chi connectivity index (χ3n) is 1.26. The molecule has 0 aliphatic carbocycles. The van der Waals surface area contributed by atoms with Gasteiger partial charge in [-0.2, -0.15) is 9.90 Å². The van der Waals surface area contributed by atoms with Crippen molar-refractivity contribution < 1.29 is 14.6 Å². The van der Waals surface area contributed by atoms with Crippen molar-refractivity contribution in [3.8, 4) is 0 Å². The zero-order valence-corrected chi connectivity index (χ0v) is 6.42. The third kappa shape index (κ3) is 5.41. The van der Waals surface area contributed by atoms with Gasteiger partial charge in [0.05, 0.1) is 0 Å². The molecule has 0 N–H and O–H groups in total. The van der Waals surface area contributed by atoms with Crippen molar-refractivity contribution in [3.63, 3.8) is 0 Å². The minimum Gasteiger partial charge on any atom is -0.429 e. The Labute approximate surface area is 61.0 Å². The van der Waals surface area contributed by atoms with Gasteiger partial charge in [-0.05, 0) is 13.3 Å². The zero-order chi connectivity index (χ0) is 7.98. The number of rotatable bonds is 4. The molecule has 0 fully saturated rings. The highest BCUT2D eigenvalue weighted by Gasteiger charge is 2.06. The van der Waals surface area contributed by atoms with E-state index in [4.69, 9.17) is 0 Å². The van der Waals surface area contributed by atoms with E-state index >= 15 is 0 Å². The van der Waals surface area contributed by atoms with E-state index in [0.29, 0.717) is 0 Å². The molecule has 0 rings (SSSR count). The van der Waals surface area contributed by atoms with E-state index in [-0.39, 0.29) is 6.10 Å². The van der Waals surface area contributed by atoms with Gasteiger partial charge < -0.3 is 4.74 Å². The van der Waals surface area contributed by atoms with Gasteiger partial charge >= 0.3 is 6.16 Å². The van der Waals surface area contributed by atoms with Crippen LogP contribution in [0.15, 0.2) is 0 Å². The van der Waals surface area contributed by atoms with Crippen molar-refractivity contribution in [3.05, 3.63) is 0 Å². The van der Waals surface area contributed by atoms with E-state index in [0.717, 1.165) is 19.3 Å². The summed E-state index contributed by atoms with van der Waals surface area (Å²) in [5, 5.41) is 9.84. The maximum atomic E-state index is 9.84. The molecule has 3 heteroatoms. The fourth-order valence-corrected chi connectivity index (χ4v) is 0.715. The lowest BCUT2D eigenvalue weighted by molar-refractivity contribution is 0.0351. The van der Waals surface area contributed by atoms with Crippen LogP contribution in [0.5, 0.6) is 0 Å². The predicted octanol–water partition coefficient (Wildman–Crippen LogP) is 2.13. The first kappa shape index (κ1) is 9.27. The van der Waals surface area contributed by atoms with Gasteiger partial charge in [-0.1, -0.05) is 19.8 Å². The normalized spacial score (nSPS) is 12.6. The maximum Gasteiger partial charge on any atom is 0.550 e. The summed E-state index contributed by atoms with van der Waals surface area (Å²) in [6.07, 6.45) is 1.19. The predicted molar refractivity (Wildman–Crippen MR) is 36.2 cm³/mol. The Kier molecular flexibility index (Phi) is 4.72. The highest BCUT2D eigenvalue weighted by atomic mass is 16.7. The summed E-state index contributed by atoms with van der Waals surface area (Å²) in [5.74, 6) is 0. The second-order valence-corrected chi connectivity index (χ2v) is 2.32. The van der Waals surface area contributed by atoms with Gasteiger partial charge in [0.2, 0.25) is 0 Å². The van der Waals surface area contributed by atoms with Crippen molar-refractivity contribution >= 4 is 6.16 Å². The van der Waals surface area contributed by atoms with Crippen LogP contribution in [0.1, 0.15) is 33.1 Å². The van der Waals surface area contributed by atoms with Crippen LogP contribution in [-0.4, -0.2) is 12.3 Å². The van der Waals surface area contributed by atoms with Crippen molar-refractivity contribution in [2.75, 3.05) is 0 Å². The third-order valence-corrected chi connectivity index (χ3v) is 1.26. The lowest BCUT2D eigenvalue weighted by Crippen LogP contribution is -2.11. The Hall–Kier alpha value is -0.730. The van der Waals surface area contributed by atoms with Crippen LogP contribution in [0.4, 0.5) is 4.79 Å². The van der Waals surface area contributed by atoms with Crippen LogP contribution in [0.3, 0.4) is 0 Å². The molecule has 59 valence electrons. The molecular formula is C7H13O3. The Morgan fingerprint density at radius 2 is 2.20 bits per heavy atom. The molecule has 0 aliphatic rings. The molecule has 1 unspecified atom stereocenters. The van der Waals surface area contributed by atoms with E-state index in [9.17, 15) is 9.90 Å². The zero-order valence-electron chi connectivity index (χ0n) is 6.42. The molecule has 0 aromatic rings. The summed E-state index contributed by atoms with van der Waals surface area (Å²) in [7, 11) is 0. The monoisotopic (exact) mass is 145 g/mol. The molecule has 10 heavy (non-hydrogen) atoms. The summed E-state index contributed by atoms with van der Waals surface area (Å²) in [4.78, 5) is 9.84. The molecule has 1 atom stereocenters. The molecule has 0 spiro atoms. The molecule has 0 heterocycles. The molecule has 1 radical (unpaired) electrons. The number of carbonyl (C=O) groups is 1. The van der Waals surface area contributed by atoms with Crippen molar-refractivity contribution in [1.82, 2.24) is 0 Å². The lowest BCUT2D eigenvalue weighted by atomic mass is 10.2. The van der Waals surface area contributed by atoms with E-state index in [1.807, 2.05) is 6.92 Å². The van der Waals surface area contributed by atoms with Crippen molar-refractivity contribution in [2.24, 2.45) is 0 Å². The van der Waals surface area contributed by atoms with E-state index in [1.54, 1.807) is 6.92 Å². The molecule has 0 bridgehead atoms. The fourth-order valence-electron chi connectivity index (χ4n) is 0.715. The van der Waals surface area contributed by atoms with Crippen molar-refractivity contribution in [2.45, 2.75) is 39.2 Å². The molecule has 0 aromatic heterocycles. The molecule has 3 nitrogen and oxygen atoms in total. The Balaban J connectivity index is 3.25. The van der Waals surface area contributed by atoms with Crippen molar-refractivity contribution in [1.29, 1.82) is 0 Å².